The third kappa shape index (κ3) is 5.12. The second kappa shape index (κ2) is 9.44. The number of hydrogen-bond donors (Lipinski definition) is 3. The maximum atomic E-state index is 14.4. The second-order valence-corrected chi connectivity index (χ2v) is 7.36. The van der Waals surface area contributed by atoms with Gasteiger partial charge in [0.25, 0.3) is 0 Å². The highest BCUT2D eigenvalue weighted by Crippen LogP contribution is 2.29. The molecule has 1 aromatic heterocycles. The van der Waals surface area contributed by atoms with Crippen molar-refractivity contribution < 1.29 is 23.8 Å². The van der Waals surface area contributed by atoms with Gasteiger partial charge in [-0.05, 0) is 35.4 Å². The highest BCUT2D eigenvalue weighted by molar-refractivity contribution is 5.92. The summed E-state index contributed by atoms with van der Waals surface area (Å²) in [5, 5.41) is 21.5. The van der Waals surface area contributed by atoms with Gasteiger partial charge in [-0.3, -0.25) is 4.79 Å². The molecule has 0 unspecified atom stereocenters. The van der Waals surface area contributed by atoms with Crippen molar-refractivity contribution in [2.75, 3.05) is 5.32 Å². The van der Waals surface area contributed by atoms with Gasteiger partial charge in [-0.25, -0.2) is 14.4 Å². The monoisotopic (exact) mass is 447 g/mol. The van der Waals surface area contributed by atoms with E-state index in [9.17, 15) is 23.8 Å². The second-order valence-electron chi connectivity index (χ2n) is 7.36. The molecule has 166 valence electrons. The molecule has 0 fully saturated rings. The summed E-state index contributed by atoms with van der Waals surface area (Å²) >= 11 is 0. The summed E-state index contributed by atoms with van der Waals surface area (Å²) in [6.07, 6.45) is 1.57. The summed E-state index contributed by atoms with van der Waals surface area (Å²) in [5.74, 6) is -3.45. The number of aromatic hydroxyl groups is 2. The quantitative estimate of drug-likeness (QED) is 0.401. The van der Waals surface area contributed by atoms with Crippen LogP contribution in [0.3, 0.4) is 0 Å². The van der Waals surface area contributed by atoms with Crippen LogP contribution in [0.5, 0.6) is 11.5 Å². The molecule has 1 heterocycles. The maximum absolute atomic E-state index is 14.4. The fraction of sp³-hybridized carbons (Fsp3) is 0.0800. The molecular formula is C25H19F2N3O3. The SMILES string of the molecule is O=C(Cc1ccc(O)cc1)Nc1ncc(-c2ccc(O)c(F)c2F)nc1Cc1ccccc1. The average molecular weight is 447 g/mol. The van der Waals surface area contributed by atoms with Gasteiger partial charge in [0.05, 0.1) is 24.0 Å². The first-order valence-corrected chi connectivity index (χ1v) is 10.1. The number of halogens is 2. The van der Waals surface area contributed by atoms with E-state index in [0.29, 0.717) is 17.7 Å². The molecule has 0 bridgehead atoms. The average Bonchev–Trinajstić information content (AvgIpc) is 2.81. The van der Waals surface area contributed by atoms with Gasteiger partial charge in [-0.1, -0.05) is 42.5 Å². The minimum atomic E-state index is -1.37. The summed E-state index contributed by atoms with van der Waals surface area (Å²) in [6.45, 7) is 0. The standard InChI is InChI=1S/C25H19F2N3O3/c26-23-18(10-11-21(32)24(23)27)20-14-28-25(19(29-20)12-15-4-2-1-3-5-15)30-22(33)13-16-6-8-17(31)9-7-16/h1-11,14,31-32H,12-13H2,(H,28,30,33). The van der Waals surface area contributed by atoms with Crippen molar-refractivity contribution in [1.82, 2.24) is 9.97 Å². The molecule has 0 aliphatic carbocycles. The van der Waals surface area contributed by atoms with Crippen LogP contribution in [0.25, 0.3) is 11.3 Å². The number of rotatable bonds is 6. The van der Waals surface area contributed by atoms with Crippen molar-refractivity contribution in [2.45, 2.75) is 12.8 Å². The Morgan fingerprint density at radius 3 is 2.33 bits per heavy atom. The Kier molecular flexibility index (Phi) is 6.26. The minimum Gasteiger partial charge on any atom is -0.508 e. The molecule has 0 spiro atoms. The molecule has 0 aliphatic heterocycles. The number of carbonyl (C=O) groups is 1. The summed E-state index contributed by atoms with van der Waals surface area (Å²) < 4.78 is 28.3. The fourth-order valence-corrected chi connectivity index (χ4v) is 3.29. The van der Waals surface area contributed by atoms with Crippen molar-refractivity contribution >= 4 is 11.7 Å². The third-order valence-electron chi connectivity index (χ3n) is 4.96. The number of carbonyl (C=O) groups excluding carboxylic acids is 1. The molecule has 0 saturated carbocycles. The van der Waals surface area contributed by atoms with E-state index in [2.05, 4.69) is 15.3 Å². The van der Waals surface area contributed by atoms with E-state index in [1.165, 1.54) is 24.4 Å². The lowest BCUT2D eigenvalue weighted by atomic mass is 10.1. The first-order chi connectivity index (χ1) is 15.9. The van der Waals surface area contributed by atoms with Crippen LogP contribution in [0, 0.1) is 11.6 Å². The zero-order valence-electron chi connectivity index (χ0n) is 17.3. The van der Waals surface area contributed by atoms with E-state index >= 15 is 0 Å². The van der Waals surface area contributed by atoms with Crippen molar-refractivity contribution in [2.24, 2.45) is 0 Å². The number of benzene rings is 3. The molecule has 0 saturated heterocycles. The van der Waals surface area contributed by atoms with Gasteiger partial charge < -0.3 is 15.5 Å². The van der Waals surface area contributed by atoms with Crippen LogP contribution < -0.4 is 5.32 Å². The topological polar surface area (TPSA) is 95.3 Å². The molecule has 0 aliphatic rings. The van der Waals surface area contributed by atoms with E-state index in [1.54, 1.807) is 12.1 Å². The Morgan fingerprint density at radius 1 is 0.879 bits per heavy atom. The van der Waals surface area contributed by atoms with E-state index in [-0.39, 0.29) is 35.2 Å². The molecule has 6 nitrogen and oxygen atoms in total. The highest BCUT2D eigenvalue weighted by atomic mass is 19.2. The predicted octanol–water partition coefficient (Wildman–Crippen LogP) is 4.61. The Balaban J connectivity index is 1.66. The third-order valence-corrected chi connectivity index (χ3v) is 4.96. The molecular weight excluding hydrogens is 428 g/mol. The van der Waals surface area contributed by atoms with Crippen LogP contribution in [0.4, 0.5) is 14.6 Å². The summed E-state index contributed by atoms with van der Waals surface area (Å²) in [6, 6.07) is 17.8. The van der Waals surface area contributed by atoms with Gasteiger partial charge in [0.1, 0.15) is 5.75 Å². The van der Waals surface area contributed by atoms with Gasteiger partial charge in [0.2, 0.25) is 11.7 Å². The largest absolute Gasteiger partial charge is 0.508 e. The summed E-state index contributed by atoms with van der Waals surface area (Å²) in [7, 11) is 0. The van der Waals surface area contributed by atoms with Crippen LogP contribution in [-0.4, -0.2) is 26.1 Å². The number of hydrogen-bond acceptors (Lipinski definition) is 5. The summed E-state index contributed by atoms with van der Waals surface area (Å²) in [5.41, 5.74) is 1.85. The lowest BCUT2D eigenvalue weighted by Gasteiger charge is -2.12. The Labute approximate surface area is 188 Å². The first-order valence-electron chi connectivity index (χ1n) is 10.1. The van der Waals surface area contributed by atoms with Gasteiger partial charge in [0.15, 0.2) is 17.4 Å². The van der Waals surface area contributed by atoms with Crippen LogP contribution in [0.1, 0.15) is 16.8 Å². The number of nitrogens with one attached hydrogen (secondary N) is 1. The normalized spacial score (nSPS) is 10.7. The van der Waals surface area contributed by atoms with Crippen molar-refractivity contribution in [1.29, 1.82) is 0 Å². The van der Waals surface area contributed by atoms with Gasteiger partial charge >= 0.3 is 0 Å². The van der Waals surface area contributed by atoms with Crippen LogP contribution in [0.2, 0.25) is 0 Å². The fourth-order valence-electron chi connectivity index (χ4n) is 3.29. The number of nitrogens with zero attached hydrogens (tertiary/aromatic N) is 2. The first kappa shape index (κ1) is 21.9. The van der Waals surface area contributed by atoms with Gasteiger partial charge in [-0.2, -0.15) is 4.39 Å². The van der Waals surface area contributed by atoms with Crippen LogP contribution >= 0.6 is 0 Å². The summed E-state index contributed by atoms with van der Waals surface area (Å²) in [4.78, 5) is 21.3. The van der Waals surface area contributed by atoms with Crippen LogP contribution in [0.15, 0.2) is 72.9 Å². The Hall–Kier alpha value is -4.33. The molecule has 4 aromatic rings. The predicted molar refractivity (Wildman–Crippen MR) is 119 cm³/mol. The molecule has 0 radical (unpaired) electrons. The highest BCUT2D eigenvalue weighted by Gasteiger charge is 2.18. The zero-order valence-corrected chi connectivity index (χ0v) is 17.3. The zero-order chi connectivity index (χ0) is 23.4. The van der Waals surface area contributed by atoms with Crippen molar-refractivity contribution in [3.8, 4) is 22.8 Å². The van der Waals surface area contributed by atoms with Crippen LogP contribution in [-0.2, 0) is 17.6 Å². The molecule has 3 aromatic carbocycles. The van der Waals surface area contributed by atoms with Crippen molar-refractivity contribution in [3.63, 3.8) is 0 Å². The minimum absolute atomic E-state index is 0.0479. The molecule has 1 amide bonds. The molecule has 3 N–H and O–H groups in total. The molecule has 0 atom stereocenters. The number of anilines is 1. The van der Waals surface area contributed by atoms with E-state index < -0.39 is 17.4 Å². The number of phenols is 2. The Morgan fingerprint density at radius 2 is 1.61 bits per heavy atom. The lowest BCUT2D eigenvalue weighted by molar-refractivity contribution is -0.115. The smallest absolute Gasteiger partial charge is 0.229 e. The maximum Gasteiger partial charge on any atom is 0.229 e. The van der Waals surface area contributed by atoms with Crippen molar-refractivity contribution in [3.05, 3.63) is 101 Å². The van der Waals surface area contributed by atoms with E-state index in [4.69, 9.17) is 0 Å². The number of amides is 1. The molecule has 33 heavy (non-hydrogen) atoms. The van der Waals surface area contributed by atoms with Gasteiger partial charge in [0, 0.05) is 12.0 Å². The molecule has 4 rings (SSSR count). The molecule has 8 heteroatoms. The number of phenolic OH excluding ortho intramolecular Hbond substituents is 2. The lowest BCUT2D eigenvalue weighted by Crippen LogP contribution is -2.17. The van der Waals surface area contributed by atoms with E-state index in [0.717, 1.165) is 11.6 Å². The Bertz CT molecular complexity index is 1300. The van der Waals surface area contributed by atoms with E-state index in [1.807, 2.05) is 30.3 Å². The number of aromatic nitrogens is 2. The van der Waals surface area contributed by atoms with Gasteiger partial charge in [-0.15, -0.1) is 0 Å².